The number of amides is 3. The largest absolute Gasteiger partial charge is 0.471 e. The number of nitrogens with one attached hydrogen (secondary N) is 2. The molecule has 3 saturated heterocycles. The lowest BCUT2D eigenvalue weighted by atomic mass is 9.86. The number of rotatable bonds is 10. The van der Waals surface area contributed by atoms with Crippen LogP contribution in [0.5, 0.6) is 5.88 Å². The summed E-state index contributed by atoms with van der Waals surface area (Å²) in [5.41, 5.74) is 4.53. The van der Waals surface area contributed by atoms with E-state index in [4.69, 9.17) is 19.4 Å². The van der Waals surface area contributed by atoms with Gasteiger partial charge in [-0.25, -0.2) is 14.4 Å². The molecule has 14 nitrogen and oxygen atoms in total. The second-order valence-electron chi connectivity index (χ2n) is 17.7. The smallest absolute Gasteiger partial charge is 0.255 e. The number of ether oxygens (including phenoxy) is 2. The predicted octanol–water partition coefficient (Wildman–Crippen LogP) is 5.22. The fourth-order valence-electron chi connectivity index (χ4n) is 9.72. The van der Waals surface area contributed by atoms with Gasteiger partial charge in [-0.15, -0.1) is 0 Å². The van der Waals surface area contributed by atoms with Crippen LogP contribution in [0.1, 0.15) is 87.1 Å². The summed E-state index contributed by atoms with van der Waals surface area (Å²) in [6, 6.07) is 10.6. The summed E-state index contributed by atoms with van der Waals surface area (Å²) in [6.45, 7) is 8.14. The van der Waals surface area contributed by atoms with Crippen molar-refractivity contribution >= 4 is 40.3 Å². The standard InChI is InChI=1S/C44H52FN9O5/c1-44(15-16-44)59-38-11-7-33-41(48-38)40(50-49-33)28-12-17-46-36(24-28)53-18-13-30(14-19-53)58-29-4-2-27(3-5-29)25-51-20-22-52(23-21-51)34-8-6-31-32(39(34)45)26-54(43(31)57)35-9-10-37(55)47-42(35)56/h6-8,11-12,17,24,27,29-30,35H,2-5,9-10,13-16,18-23,25-26H2,1H3,(H,49,50)(H,47,55,56). The molecular formula is C44H52FN9O5. The maximum Gasteiger partial charge on any atom is 0.255 e. The first-order valence-corrected chi connectivity index (χ1v) is 21.5. The summed E-state index contributed by atoms with van der Waals surface area (Å²) in [5, 5.41) is 10.1. The number of imide groups is 1. The van der Waals surface area contributed by atoms with Crippen molar-refractivity contribution in [3.8, 4) is 17.1 Å². The number of aromatic amines is 1. The van der Waals surface area contributed by atoms with Gasteiger partial charge >= 0.3 is 0 Å². The van der Waals surface area contributed by atoms with E-state index in [1.54, 1.807) is 12.1 Å². The molecule has 2 saturated carbocycles. The fourth-order valence-corrected chi connectivity index (χ4v) is 9.72. The van der Waals surface area contributed by atoms with Crippen molar-refractivity contribution in [3.05, 3.63) is 59.5 Å². The molecule has 1 unspecified atom stereocenters. The van der Waals surface area contributed by atoms with Crippen LogP contribution in [0, 0.1) is 11.7 Å². The minimum Gasteiger partial charge on any atom is -0.471 e. The molecule has 6 aliphatic rings. The summed E-state index contributed by atoms with van der Waals surface area (Å²) in [5.74, 6) is 0.647. The molecular weight excluding hydrogens is 754 g/mol. The average Bonchev–Trinajstić information content (AvgIpc) is 3.66. The molecule has 3 amide bonds. The van der Waals surface area contributed by atoms with Crippen LogP contribution in [0.25, 0.3) is 22.3 Å². The lowest BCUT2D eigenvalue weighted by Crippen LogP contribution is -2.52. The zero-order chi connectivity index (χ0) is 40.3. The number of piperidine rings is 2. The zero-order valence-electron chi connectivity index (χ0n) is 33.6. The van der Waals surface area contributed by atoms with Gasteiger partial charge in [0.05, 0.1) is 30.0 Å². The van der Waals surface area contributed by atoms with E-state index in [2.05, 4.69) is 43.2 Å². The summed E-state index contributed by atoms with van der Waals surface area (Å²) in [6.07, 6.45) is 11.4. The highest BCUT2D eigenvalue weighted by Crippen LogP contribution is 2.40. The topological polar surface area (TPSA) is 149 Å². The molecule has 4 aliphatic heterocycles. The minimum atomic E-state index is -0.758. The third-order valence-corrected chi connectivity index (χ3v) is 13.5. The zero-order valence-corrected chi connectivity index (χ0v) is 33.6. The van der Waals surface area contributed by atoms with Gasteiger partial charge in [0.25, 0.3) is 5.91 Å². The Labute approximate surface area is 342 Å². The molecule has 3 aromatic heterocycles. The van der Waals surface area contributed by atoms with Crippen LogP contribution in [0.15, 0.2) is 42.6 Å². The monoisotopic (exact) mass is 805 g/mol. The Balaban J connectivity index is 0.667. The van der Waals surface area contributed by atoms with Crippen LogP contribution in [0.2, 0.25) is 0 Å². The molecule has 59 heavy (non-hydrogen) atoms. The number of hydrogen-bond donors (Lipinski definition) is 2. The van der Waals surface area contributed by atoms with Crippen molar-refractivity contribution < 1.29 is 28.2 Å². The molecule has 0 radical (unpaired) electrons. The van der Waals surface area contributed by atoms with Gasteiger partial charge in [0.2, 0.25) is 17.7 Å². The third kappa shape index (κ3) is 7.74. The van der Waals surface area contributed by atoms with Crippen LogP contribution in [0.4, 0.5) is 15.9 Å². The molecule has 0 bridgehead atoms. The number of halogens is 1. The second kappa shape index (κ2) is 15.5. The molecule has 1 atom stereocenters. The van der Waals surface area contributed by atoms with Gasteiger partial charge in [0.1, 0.15) is 28.7 Å². The van der Waals surface area contributed by atoms with E-state index in [9.17, 15) is 14.4 Å². The average molecular weight is 806 g/mol. The van der Waals surface area contributed by atoms with E-state index in [0.717, 1.165) is 112 Å². The Morgan fingerprint density at radius 1 is 0.881 bits per heavy atom. The molecule has 310 valence electrons. The number of hydrogen-bond acceptors (Lipinski definition) is 11. The molecule has 7 heterocycles. The molecule has 10 rings (SSSR count). The SMILES string of the molecule is CC1(Oc2ccc3[nH]nc(-c4ccnc(N5CCC(OC6CCC(CN7CCN(c8ccc9c(c8F)CN(C8CCC(=O)NC8=O)C9=O)CC7)CC6)CC5)c4)c3n2)CC1. The lowest BCUT2D eigenvalue weighted by Gasteiger charge is -2.40. The molecule has 15 heteroatoms. The van der Waals surface area contributed by atoms with Crippen molar-refractivity contribution in [2.24, 2.45) is 5.92 Å². The summed E-state index contributed by atoms with van der Waals surface area (Å²) in [4.78, 5) is 55.1. The van der Waals surface area contributed by atoms with Crippen LogP contribution >= 0.6 is 0 Å². The molecule has 2 aliphatic carbocycles. The predicted molar refractivity (Wildman–Crippen MR) is 219 cm³/mol. The Morgan fingerprint density at radius 2 is 1.66 bits per heavy atom. The first-order chi connectivity index (χ1) is 28.7. The number of piperazine rings is 1. The van der Waals surface area contributed by atoms with E-state index in [1.165, 1.54) is 4.90 Å². The van der Waals surface area contributed by atoms with Crippen molar-refractivity contribution in [1.29, 1.82) is 0 Å². The van der Waals surface area contributed by atoms with Crippen molar-refractivity contribution in [2.45, 2.75) is 102 Å². The highest BCUT2D eigenvalue weighted by molar-refractivity contribution is 6.05. The van der Waals surface area contributed by atoms with Crippen LogP contribution in [-0.2, 0) is 20.9 Å². The summed E-state index contributed by atoms with van der Waals surface area (Å²) < 4.78 is 28.8. The maximum atomic E-state index is 15.9. The van der Waals surface area contributed by atoms with E-state index >= 15 is 4.39 Å². The van der Waals surface area contributed by atoms with Gasteiger partial charge in [-0.3, -0.25) is 29.7 Å². The van der Waals surface area contributed by atoms with E-state index in [1.807, 2.05) is 24.4 Å². The molecule has 2 N–H and O–H groups in total. The molecule has 1 aromatic carbocycles. The van der Waals surface area contributed by atoms with E-state index in [-0.39, 0.29) is 48.7 Å². The number of benzene rings is 1. The summed E-state index contributed by atoms with van der Waals surface area (Å²) in [7, 11) is 0. The molecule has 0 spiro atoms. The van der Waals surface area contributed by atoms with Crippen molar-refractivity contribution in [3.63, 3.8) is 0 Å². The quantitative estimate of drug-likeness (QED) is 0.204. The number of anilines is 2. The molecule has 4 aromatic rings. The number of pyridine rings is 2. The number of carbonyl (C=O) groups excluding carboxylic acids is 3. The third-order valence-electron chi connectivity index (χ3n) is 13.5. The van der Waals surface area contributed by atoms with Crippen molar-refractivity contribution in [1.82, 2.24) is 35.3 Å². The Kier molecular flexibility index (Phi) is 9.98. The second-order valence-corrected chi connectivity index (χ2v) is 17.7. The van der Waals surface area contributed by atoms with Crippen molar-refractivity contribution in [2.75, 3.05) is 55.6 Å². The van der Waals surface area contributed by atoms with E-state index in [0.29, 0.717) is 47.8 Å². The van der Waals surface area contributed by atoms with Gasteiger partial charge in [-0.1, -0.05) is 0 Å². The summed E-state index contributed by atoms with van der Waals surface area (Å²) >= 11 is 0. The Morgan fingerprint density at radius 3 is 2.42 bits per heavy atom. The number of carbonyl (C=O) groups is 3. The highest BCUT2D eigenvalue weighted by atomic mass is 19.1. The minimum absolute atomic E-state index is 0.0400. The lowest BCUT2D eigenvalue weighted by molar-refractivity contribution is -0.136. The highest BCUT2D eigenvalue weighted by Gasteiger charge is 2.42. The first kappa shape index (κ1) is 38.1. The Hall–Kier alpha value is -5.15. The Bertz CT molecular complexity index is 2260. The van der Waals surface area contributed by atoms with E-state index < -0.39 is 11.9 Å². The fraction of sp³-hybridized carbons (Fsp3) is 0.545. The normalized spacial score (nSPS) is 25.1. The van der Waals surface area contributed by atoms with Gasteiger partial charge in [-0.2, -0.15) is 5.10 Å². The van der Waals surface area contributed by atoms with Crippen LogP contribution in [0.3, 0.4) is 0 Å². The number of aromatic nitrogens is 4. The van der Waals surface area contributed by atoms with Gasteiger partial charge in [-0.05, 0) is 101 Å². The first-order valence-electron chi connectivity index (χ1n) is 21.5. The number of nitrogens with zero attached hydrogens (tertiary/aromatic N) is 7. The van der Waals surface area contributed by atoms with Crippen LogP contribution in [-0.4, -0.2) is 117 Å². The maximum absolute atomic E-state index is 15.9. The van der Waals surface area contributed by atoms with Gasteiger partial charge < -0.3 is 24.2 Å². The van der Waals surface area contributed by atoms with Crippen LogP contribution < -0.4 is 19.9 Å². The van der Waals surface area contributed by atoms with Gasteiger partial charge in [0, 0.05) is 81.2 Å². The number of H-pyrrole nitrogens is 1. The number of fused-ring (bicyclic) bond motifs is 2. The molecule has 5 fully saturated rings. The van der Waals surface area contributed by atoms with Gasteiger partial charge in [0.15, 0.2) is 5.82 Å².